The van der Waals surface area contributed by atoms with Crippen molar-refractivity contribution < 1.29 is 24.2 Å². The number of aromatic nitrogens is 2. The Balaban J connectivity index is 1.95. The van der Waals surface area contributed by atoms with Crippen molar-refractivity contribution in [2.75, 3.05) is 6.61 Å². The highest BCUT2D eigenvalue weighted by molar-refractivity contribution is 7.22. The number of aryl methyl sites for hydroxylation is 3. The molecule has 3 aromatic heterocycles. The topological polar surface area (TPSA) is 115 Å². The van der Waals surface area contributed by atoms with Crippen molar-refractivity contribution in [1.29, 1.82) is 0 Å². The van der Waals surface area contributed by atoms with E-state index in [0.717, 1.165) is 11.3 Å². The van der Waals surface area contributed by atoms with Crippen molar-refractivity contribution in [3.63, 3.8) is 0 Å². The van der Waals surface area contributed by atoms with Gasteiger partial charge in [0.15, 0.2) is 0 Å². The average Bonchev–Trinajstić information content (AvgIpc) is 3.43. The number of nitrogens with zero attached hydrogens (tertiary/aromatic N) is 2. The number of benzene rings is 1. The number of oxazole rings is 1. The van der Waals surface area contributed by atoms with Crippen LogP contribution in [-0.2, 0) is 23.2 Å². The zero-order valence-corrected chi connectivity index (χ0v) is 20.2. The van der Waals surface area contributed by atoms with Gasteiger partial charge in [0.05, 0.1) is 34.0 Å². The van der Waals surface area contributed by atoms with Gasteiger partial charge < -0.3 is 19.4 Å². The third-order valence-electron chi connectivity index (χ3n) is 5.97. The molecule has 0 aliphatic heterocycles. The lowest BCUT2D eigenvalue weighted by molar-refractivity contribution is -0.142. The molecular weight excluding hydrogens is 456 g/mol. The SMILES string of the molecule is CCOc1ccccc1CCn1c(=O)c(C(C)(C)C(=O)O)c(O)c2c(C)c(-c3ncco3)sc21. The number of ether oxygens (including phenoxy) is 1. The van der Waals surface area contributed by atoms with E-state index in [9.17, 15) is 19.8 Å². The Labute approximate surface area is 200 Å². The van der Waals surface area contributed by atoms with Gasteiger partial charge in [0.1, 0.15) is 22.6 Å². The van der Waals surface area contributed by atoms with Gasteiger partial charge in [-0.3, -0.25) is 14.2 Å². The molecule has 1 aromatic carbocycles. The lowest BCUT2D eigenvalue weighted by Gasteiger charge is -2.22. The first-order chi connectivity index (χ1) is 16.2. The fourth-order valence-corrected chi connectivity index (χ4v) is 5.35. The molecule has 178 valence electrons. The van der Waals surface area contributed by atoms with E-state index in [-0.39, 0.29) is 17.9 Å². The average molecular weight is 483 g/mol. The molecule has 0 amide bonds. The number of carboxylic acids is 1. The fourth-order valence-electron chi connectivity index (χ4n) is 4.07. The van der Waals surface area contributed by atoms with Gasteiger partial charge in [0, 0.05) is 6.54 Å². The summed E-state index contributed by atoms with van der Waals surface area (Å²) in [6.07, 6.45) is 3.46. The molecule has 4 rings (SSSR count). The van der Waals surface area contributed by atoms with Crippen LogP contribution >= 0.6 is 11.3 Å². The third kappa shape index (κ3) is 3.86. The van der Waals surface area contributed by atoms with Gasteiger partial charge in [-0.25, -0.2) is 4.98 Å². The second-order valence-electron chi connectivity index (χ2n) is 8.47. The summed E-state index contributed by atoms with van der Waals surface area (Å²) in [4.78, 5) is 31.1. The molecule has 0 fully saturated rings. The molecule has 0 bridgehead atoms. The highest BCUT2D eigenvalue weighted by Gasteiger charge is 2.38. The van der Waals surface area contributed by atoms with Crippen LogP contribution in [0.3, 0.4) is 0 Å². The molecule has 4 aromatic rings. The Morgan fingerprint density at radius 3 is 2.68 bits per heavy atom. The van der Waals surface area contributed by atoms with Gasteiger partial charge in [-0.05, 0) is 51.3 Å². The largest absolute Gasteiger partial charge is 0.507 e. The highest BCUT2D eigenvalue weighted by atomic mass is 32.1. The normalized spacial score (nSPS) is 11.8. The number of carbonyl (C=O) groups is 1. The number of aliphatic carboxylic acids is 1. The number of thiophene rings is 1. The summed E-state index contributed by atoms with van der Waals surface area (Å²) in [5, 5.41) is 21.5. The van der Waals surface area contributed by atoms with Crippen LogP contribution < -0.4 is 10.3 Å². The predicted molar refractivity (Wildman–Crippen MR) is 130 cm³/mol. The molecule has 9 heteroatoms. The molecule has 0 aliphatic rings. The second-order valence-corrected chi connectivity index (χ2v) is 9.47. The minimum Gasteiger partial charge on any atom is -0.507 e. The summed E-state index contributed by atoms with van der Waals surface area (Å²) < 4.78 is 12.7. The smallest absolute Gasteiger partial charge is 0.313 e. The molecule has 34 heavy (non-hydrogen) atoms. The zero-order chi connectivity index (χ0) is 24.6. The van der Waals surface area contributed by atoms with Crippen LogP contribution in [0.1, 0.15) is 37.5 Å². The summed E-state index contributed by atoms with van der Waals surface area (Å²) in [7, 11) is 0. The number of fused-ring (bicyclic) bond motifs is 1. The van der Waals surface area contributed by atoms with Crippen molar-refractivity contribution in [3.05, 3.63) is 63.8 Å². The standard InChI is InChI=1S/C25H26N2O6S/c1-5-32-16-9-7-6-8-15(16)10-12-27-22(29)18(25(3,4)24(30)31)19(28)17-14(2)20(34-23(17)27)21-26-11-13-33-21/h6-9,11,13,28H,5,10,12H2,1-4H3,(H,30,31). The number of carboxylic acid groups (broad SMARTS) is 1. The van der Waals surface area contributed by atoms with Crippen molar-refractivity contribution >= 4 is 27.5 Å². The minimum atomic E-state index is -1.60. The van der Waals surface area contributed by atoms with E-state index in [4.69, 9.17) is 9.15 Å². The number of para-hydroxylation sites is 1. The van der Waals surface area contributed by atoms with E-state index >= 15 is 0 Å². The lowest BCUT2D eigenvalue weighted by Crippen LogP contribution is -2.38. The van der Waals surface area contributed by atoms with Crippen LogP contribution in [0.2, 0.25) is 0 Å². The van der Waals surface area contributed by atoms with Gasteiger partial charge in [-0.2, -0.15) is 0 Å². The summed E-state index contributed by atoms with van der Waals surface area (Å²) in [5.41, 5.74) is -0.682. The van der Waals surface area contributed by atoms with Crippen molar-refractivity contribution in [2.24, 2.45) is 0 Å². The van der Waals surface area contributed by atoms with E-state index in [1.165, 1.54) is 37.6 Å². The number of rotatable bonds is 8. The first-order valence-electron chi connectivity index (χ1n) is 10.9. The van der Waals surface area contributed by atoms with E-state index in [1.807, 2.05) is 31.2 Å². The molecule has 2 N–H and O–H groups in total. The highest BCUT2D eigenvalue weighted by Crippen LogP contribution is 2.44. The Bertz CT molecular complexity index is 1420. The minimum absolute atomic E-state index is 0.148. The monoisotopic (exact) mass is 482 g/mol. The first-order valence-corrected chi connectivity index (χ1v) is 11.7. The molecule has 0 saturated carbocycles. The Hall–Kier alpha value is -3.59. The van der Waals surface area contributed by atoms with Crippen molar-refractivity contribution in [1.82, 2.24) is 9.55 Å². The molecule has 0 atom stereocenters. The van der Waals surface area contributed by atoms with E-state index in [2.05, 4.69) is 4.98 Å². The molecule has 8 nitrogen and oxygen atoms in total. The van der Waals surface area contributed by atoms with Gasteiger partial charge in [0.25, 0.3) is 5.56 Å². The predicted octanol–water partition coefficient (Wildman–Crippen LogP) is 4.74. The van der Waals surface area contributed by atoms with Crippen LogP contribution in [-0.4, -0.2) is 32.3 Å². The zero-order valence-electron chi connectivity index (χ0n) is 19.4. The van der Waals surface area contributed by atoms with Crippen LogP contribution in [0.5, 0.6) is 11.5 Å². The maximum absolute atomic E-state index is 13.7. The quantitative estimate of drug-likeness (QED) is 0.373. The van der Waals surface area contributed by atoms with Gasteiger partial charge in [-0.1, -0.05) is 18.2 Å². The molecule has 0 spiro atoms. The summed E-state index contributed by atoms with van der Waals surface area (Å²) in [6, 6.07) is 7.61. The molecule has 0 unspecified atom stereocenters. The van der Waals surface area contributed by atoms with E-state index < -0.39 is 16.9 Å². The van der Waals surface area contributed by atoms with E-state index in [1.54, 1.807) is 11.5 Å². The Morgan fingerprint density at radius 2 is 2.03 bits per heavy atom. The molecule has 0 saturated heterocycles. The van der Waals surface area contributed by atoms with Crippen LogP contribution in [0.4, 0.5) is 0 Å². The molecule has 3 heterocycles. The molecule has 0 aliphatic carbocycles. The van der Waals surface area contributed by atoms with Gasteiger partial charge in [-0.15, -0.1) is 11.3 Å². The van der Waals surface area contributed by atoms with Crippen molar-refractivity contribution in [3.8, 4) is 22.3 Å². The summed E-state index contributed by atoms with van der Waals surface area (Å²) in [5.74, 6) is -0.405. The number of hydrogen-bond acceptors (Lipinski definition) is 7. The van der Waals surface area contributed by atoms with Gasteiger partial charge >= 0.3 is 5.97 Å². The van der Waals surface area contributed by atoms with Crippen LogP contribution in [0, 0.1) is 6.92 Å². The summed E-state index contributed by atoms with van der Waals surface area (Å²) in [6.45, 7) is 7.33. The third-order valence-corrected chi connectivity index (χ3v) is 7.27. The number of hydrogen-bond donors (Lipinski definition) is 2. The Morgan fingerprint density at radius 1 is 1.29 bits per heavy atom. The fraction of sp³-hybridized carbons (Fsp3) is 0.320. The molecular formula is C25H26N2O6S. The second kappa shape index (κ2) is 8.98. The van der Waals surface area contributed by atoms with Crippen LogP contribution in [0.25, 0.3) is 21.0 Å². The maximum Gasteiger partial charge on any atom is 0.313 e. The summed E-state index contributed by atoms with van der Waals surface area (Å²) >= 11 is 1.28. The Kier molecular flexibility index (Phi) is 6.22. The number of aromatic hydroxyl groups is 1. The van der Waals surface area contributed by atoms with Crippen molar-refractivity contribution in [2.45, 2.75) is 46.1 Å². The van der Waals surface area contributed by atoms with Crippen LogP contribution in [0.15, 0.2) is 45.9 Å². The van der Waals surface area contributed by atoms with E-state index in [0.29, 0.717) is 39.6 Å². The maximum atomic E-state index is 13.7. The van der Waals surface area contributed by atoms with Gasteiger partial charge in [0.2, 0.25) is 5.89 Å². The lowest BCUT2D eigenvalue weighted by atomic mass is 9.84. The molecule has 0 radical (unpaired) electrons. The first kappa shape index (κ1) is 23.6. The number of pyridine rings is 1.